The maximum absolute atomic E-state index is 11.9. The molecule has 0 radical (unpaired) electrons. The number of aromatic hydroxyl groups is 3. The second kappa shape index (κ2) is 17.5. The molecule has 1 saturated heterocycles. The normalized spacial score (nSPS) is 30.0. The van der Waals surface area contributed by atoms with E-state index in [9.17, 15) is 30.6 Å². The van der Waals surface area contributed by atoms with E-state index in [4.69, 9.17) is 9.47 Å². The Morgan fingerprint density at radius 3 is 2.48 bits per heavy atom. The third-order valence-electron chi connectivity index (χ3n) is 14.2. The van der Waals surface area contributed by atoms with Crippen LogP contribution < -0.4 is 10.1 Å². The lowest BCUT2D eigenvalue weighted by Crippen LogP contribution is -2.44. The molecular formula is C48H60N2O8. The third-order valence-corrected chi connectivity index (χ3v) is 14.2. The van der Waals surface area contributed by atoms with Crippen LogP contribution in [0.25, 0.3) is 0 Å². The molecule has 11 atom stereocenters. The number of aryl methyl sites for hydroxylation is 1. The Kier molecular flexibility index (Phi) is 12.2. The van der Waals surface area contributed by atoms with Crippen LogP contribution in [0, 0.1) is 23.7 Å². The molecule has 4 aromatic rings. The monoisotopic (exact) mass is 792 g/mol. The average molecular weight is 793 g/mol. The molecule has 8 rings (SSSR count). The van der Waals surface area contributed by atoms with E-state index in [0.29, 0.717) is 42.3 Å². The van der Waals surface area contributed by atoms with Gasteiger partial charge >= 0.3 is 0 Å². The molecule has 0 amide bonds. The maximum Gasteiger partial charge on any atom is 0.201 e. The molecule has 2 heterocycles. The van der Waals surface area contributed by atoms with Crippen molar-refractivity contribution in [2.24, 2.45) is 23.7 Å². The highest BCUT2D eigenvalue weighted by atomic mass is 16.5. The first-order valence-electron chi connectivity index (χ1n) is 21.3. The molecule has 8 N–H and O–H groups in total. The number of aliphatic hydroxyl groups excluding tert-OH is 3. The molecule has 4 aliphatic rings. The molecular weight excluding hydrogens is 733 g/mol. The van der Waals surface area contributed by atoms with Gasteiger partial charge in [-0.3, -0.25) is 0 Å². The number of nitrogens with one attached hydrogen (secondary N) is 2. The molecule has 3 fully saturated rings. The van der Waals surface area contributed by atoms with Gasteiger partial charge in [-0.05, 0) is 128 Å². The number of allylic oxidation sites excluding steroid dienone is 1. The van der Waals surface area contributed by atoms with Crippen molar-refractivity contribution >= 4 is 0 Å². The van der Waals surface area contributed by atoms with Crippen LogP contribution in [-0.2, 0) is 24.2 Å². The van der Waals surface area contributed by atoms with Gasteiger partial charge in [0, 0.05) is 48.3 Å². The van der Waals surface area contributed by atoms with Gasteiger partial charge in [-0.15, -0.1) is 0 Å². The number of rotatable bonds is 12. The van der Waals surface area contributed by atoms with E-state index in [1.165, 1.54) is 12.7 Å². The number of aliphatic hydroxyl groups is 3. The summed E-state index contributed by atoms with van der Waals surface area (Å²) in [5.41, 5.74) is 5.45. The minimum absolute atomic E-state index is 0.00452. The van der Waals surface area contributed by atoms with Gasteiger partial charge in [0.25, 0.3) is 0 Å². The lowest BCUT2D eigenvalue weighted by Gasteiger charge is -2.47. The number of hydrogen-bond acceptors (Lipinski definition) is 9. The first-order valence-corrected chi connectivity index (χ1v) is 21.3. The predicted octanol–water partition coefficient (Wildman–Crippen LogP) is 7.27. The van der Waals surface area contributed by atoms with Crippen molar-refractivity contribution in [3.63, 3.8) is 0 Å². The van der Waals surface area contributed by atoms with Crippen LogP contribution in [0.1, 0.15) is 108 Å². The summed E-state index contributed by atoms with van der Waals surface area (Å²) in [6.45, 7) is -0.530. The molecule has 0 bridgehead atoms. The zero-order valence-electron chi connectivity index (χ0n) is 33.6. The van der Waals surface area contributed by atoms with E-state index in [-0.39, 0.29) is 59.2 Å². The highest BCUT2D eigenvalue weighted by Crippen LogP contribution is 2.55. The van der Waals surface area contributed by atoms with Crippen LogP contribution >= 0.6 is 0 Å². The van der Waals surface area contributed by atoms with Gasteiger partial charge in [-0.2, -0.15) is 0 Å². The van der Waals surface area contributed by atoms with Crippen LogP contribution in [0.4, 0.5) is 0 Å². The fourth-order valence-electron chi connectivity index (χ4n) is 11.3. The fraction of sp³-hybridized carbons (Fsp3) is 0.500. The first-order chi connectivity index (χ1) is 28.2. The van der Waals surface area contributed by atoms with Gasteiger partial charge in [-0.25, -0.2) is 0 Å². The number of benzene rings is 3. The van der Waals surface area contributed by atoms with Gasteiger partial charge in [0.2, 0.25) is 5.75 Å². The first kappa shape index (κ1) is 40.5. The number of aromatic nitrogens is 1. The number of fused-ring (bicyclic) bond motifs is 2. The molecule has 10 nitrogen and oxygen atoms in total. The SMILES string of the molecule is CNC1C=CC2C(CCC(C(O)CCc3ccccc3)C2c2cc(C3CCC4C(O)CC(c5c(CO)c(O)c(O)c(OC)c5Cc5cc[nH]c5)OC4C3)ccc2O)C1. The number of hydrogen-bond donors (Lipinski definition) is 8. The van der Waals surface area contributed by atoms with Gasteiger partial charge in [0.05, 0.1) is 38.1 Å². The van der Waals surface area contributed by atoms with E-state index in [1.807, 2.05) is 55.8 Å². The summed E-state index contributed by atoms with van der Waals surface area (Å²) in [7, 11) is 3.44. The second-order valence-electron chi connectivity index (χ2n) is 17.3. The van der Waals surface area contributed by atoms with Crippen molar-refractivity contribution in [1.82, 2.24) is 10.3 Å². The van der Waals surface area contributed by atoms with E-state index >= 15 is 0 Å². The molecule has 2 saturated carbocycles. The quantitative estimate of drug-likeness (QED) is 0.0544. The Balaban J connectivity index is 1.09. The molecule has 58 heavy (non-hydrogen) atoms. The van der Waals surface area contributed by atoms with Crippen LogP contribution in [-0.4, -0.2) is 74.1 Å². The van der Waals surface area contributed by atoms with E-state index in [0.717, 1.165) is 55.2 Å². The van der Waals surface area contributed by atoms with Crippen molar-refractivity contribution in [1.29, 1.82) is 0 Å². The number of aromatic amines is 1. The number of H-pyrrole nitrogens is 1. The summed E-state index contributed by atoms with van der Waals surface area (Å²) in [5.74, 6) is 0.113. The molecule has 1 aromatic heterocycles. The number of likely N-dealkylation sites (N-methyl/N-ethyl adjacent to an activating group) is 1. The van der Waals surface area contributed by atoms with Crippen molar-refractivity contribution in [2.75, 3.05) is 14.2 Å². The van der Waals surface area contributed by atoms with Gasteiger partial charge in [-0.1, -0.05) is 54.6 Å². The van der Waals surface area contributed by atoms with Crippen LogP contribution in [0.3, 0.4) is 0 Å². The highest BCUT2D eigenvalue weighted by molar-refractivity contribution is 5.64. The highest BCUT2D eigenvalue weighted by Gasteiger charge is 2.46. The van der Waals surface area contributed by atoms with Gasteiger partial charge < -0.3 is 50.4 Å². The fourth-order valence-corrected chi connectivity index (χ4v) is 11.3. The lowest BCUT2D eigenvalue weighted by molar-refractivity contribution is -0.154. The minimum atomic E-state index is -0.675. The Labute approximate surface area is 341 Å². The maximum atomic E-state index is 11.9. The van der Waals surface area contributed by atoms with Crippen LogP contribution in [0.5, 0.6) is 23.0 Å². The predicted molar refractivity (Wildman–Crippen MR) is 222 cm³/mol. The van der Waals surface area contributed by atoms with E-state index in [2.05, 4.69) is 40.7 Å². The minimum Gasteiger partial charge on any atom is -0.508 e. The molecule has 3 aromatic carbocycles. The van der Waals surface area contributed by atoms with Crippen molar-refractivity contribution in [2.45, 2.75) is 113 Å². The van der Waals surface area contributed by atoms with Crippen molar-refractivity contribution in [3.05, 3.63) is 118 Å². The lowest BCUT2D eigenvalue weighted by atomic mass is 9.59. The average Bonchev–Trinajstić information content (AvgIpc) is 3.77. The Morgan fingerprint density at radius 2 is 1.74 bits per heavy atom. The van der Waals surface area contributed by atoms with Crippen LogP contribution in [0.2, 0.25) is 0 Å². The standard InChI is InChI=1S/C48H60N2O8/c1-49-32-12-15-33-31(21-32)10-14-35(39(52)16-8-27-6-4-3-5-7-27)44(33)36-22-29(11-17-40(36)53)30-9-13-34-41(54)24-43(58-42(34)23-30)45-37(20-28-18-19-50-25-28)48(57-2)47(56)46(55)38(45)26-51/h3-7,11-12,15,17-19,22,25,30-35,39,41-44,49-56H,8-10,13-14,16,20-21,23-24,26H2,1-2H3. The Bertz CT molecular complexity index is 2030. The molecule has 3 aliphatic carbocycles. The zero-order valence-corrected chi connectivity index (χ0v) is 33.6. The number of phenolic OH excluding ortho intramolecular Hbond substituents is 2. The van der Waals surface area contributed by atoms with Gasteiger partial charge in [0.15, 0.2) is 11.5 Å². The summed E-state index contributed by atoms with van der Waals surface area (Å²) >= 11 is 0. The summed E-state index contributed by atoms with van der Waals surface area (Å²) in [6.07, 6.45) is 13.4. The molecule has 310 valence electrons. The summed E-state index contributed by atoms with van der Waals surface area (Å²) in [4.78, 5) is 3.06. The molecule has 0 spiro atoms. The van der Waals surface area contributed by atoms with Crippen molar-refractivity contribution < 1.29 is 40.1 Å². The van der Waals surface area contributed by atoms with E-state index in [1.54, 1.807) is 0 Å². The smallest absolute Gasteiger partial charge is 0.201 e. The number of phenols is 3. The third kappa shape index (κ3) is 7.89. The molecule has 1 aliphatic heterocycles. The molecule has 11 unspecified atom stereocenters. The summed E-state index contributed by atoms with van der Waals surface area (Å²) in [5, 5.41) is 71.3. The van der Waals surface area contributed by atoms with Gasteiger partial charge in [0.1, 0.15) is 5.75 Å². The number of ether oxygens (including phenoxy) is 2. The summed E-state index contributed by atoms with van der Waals surface area (Å²) < 4.78 is 12.6. The second-order valence-corrected chi connectivity index (χ2v) is 17.3. The Hall–Kier alpha value is -4.32. The largest absolute Gasteiger partial charge is 0.508 e. The zero-order chi connectivity index (χ0) is 40.5. The van der Waals surface area contributed by atoms with Crippen molar-refractivity contribution in [3.8, 4) is 23.0 Å². The summed E-state index contributed by atoms with van der Waals surface area (Å²) in [6, 6.07) is 18.6. The Morgan fingerprint density at radius 1 is 0.914 bits per heavy atom. The topological polar surface area (TPSA) is 168 Å². The van der Waals surface area contributed by atoms with Crippen LogP contribution in [0.15, 0.2) is 79.1 Å². The number of methoxy groups -OCH3 is 1. The van der Waals surface area contributed by atoms with E-state index < -0.39 is 36.4 Å². The molecule has 10 heteroatoms.